The van der Waals surface area contributed by atoms with Crippen molar-refractivity contribution >= 4 is 23.0 Å². The Labute approximate surface area is 119 Å². The van der Waals surface area contributed by atoms with Gasteiger partial charge >= 0.3 is 0 Å². The van der Waals surface area contributed by atoms with Crippen molar-refractivity contribution in [3.05, 3.63) is 18.2 Å². The number of rotatable bonds is 3. The van der Waals surface area contributed by atoms with E-state index in [1.54, 1.807) is 0 Å². The van der Waals surface area contributed by atoms with Crippen LogP contribution in [0.25, 0.3) is 0 Å². The molecule has 0 atom stereocenters. The average Bonchev–Trinajstić information content (AvgIpc) is 2.38. The summed E-state index contributed by atoms with van der Waals surface area (Å²) >= 11 is 5.31. The quantitative estimate of drug-likeness (QED) is 0.833. The van der Waals surface area contributed by atoms with Crippen LogP contribution in [0.1, 0.15) is 27.2 Å². The summed E-state index contributed by atoms with van der Waals surface area (Å²) in [6.07, 6.45) is 0.996. The van der Waals surface area contributed by atoms with Crippen molar-refractivity contribution in [3.63, 3.8) is 0 Å². The van der Waals surface area contributed by atoms with Crippen LogP contribution in [-0.4, -0.2) is 23.9 Å². The highest BCUT2D eigenvalue weighted by Gasteiger charge is 2.16. The van der Waals surface area contributed by atoms with Gasteiger partial charge in [0.15, 0.2) is 16.6 Å². The van der Waals surface area contributed by atoms with Gasteiger partial charge in [-0.05, 0) is 44.6 Å². The van der Waals surface area contributed by atoms with Crippen LogP contribution in [0.4, 0.5) is 5.69 Å². The molecule has 0 unspecified atom stereocenters. The molecule has 5 heteroatoms. The number of nitrogens with one attached hydrogen (secondary N) is 2. The fraction of sp³-hybridized carbons (Fsp3) is 0.500. The average molecular weight is 280 g/mol. The lowest BCUT2D eigenvalue weighted by Gasteiger charge is -2.26. The molecule has 0 aliphatic carbocycles. The minimum Gasteiger partial charge on any atom is -0.486 e. The SMILES string of the molecule is CCC(C)(C)NC(=S)Nc1ccc2c(c1)OCCO2. The van der Waals surface area contributed by atoms with Crippen LogP contribution in [0.15, 0.2) is 18.2 Å². The van der Waals surface area contributed by atoms with E-state index in [4.69, 9.17) is 21.7 Å². The molecule has 2 rings (SSSR count). The van der Waals surface area contributed by atoms with Crippen molar-refractivity contribution < 1.29 is 9.47 Å². The summed E-state index contributed by atoms with van der Waals surface area (Å²) in [5.74, 6) is 1.54. The van der Waals surface area contributed by atoms with E-state index >= 15 is 0 Å². The minimum atomic E-state index is -0.0160. The molecule has 4 nitrogen and oxygen atoms in total. The summed E-state index contributed by atoms with van der Waals surface area (Å²) in [7, 11) is 0. The second kappa shape index (κ2) is 5.65. The van der Waals surface area contributed by atoms with Crippen molar-refractivity contribution in [2.24, 2.45) is 0 Å². The Morgan fingerprint density at radius 2 is 1.95 bits per heavy atom. The molecule has 1 aromatic rings. The van der Waals surface area contributed by atoms with Crippen molar-refractivity contribution in [1.82, 2.24) is 5.32 Å². The smallest absolute Gasteiger partial charge is 0.171 e. The molecule has 2 N–H and O–H groups in total. The number of anilines is 1. The first kappa shape index (κ1) is 13.9. The van der Waals surface area contributed by atoms with Gasteiger partial charge in [0.2, 0.25) is 0 Å². The highest BCUT2D eigenvalue weighted by Crippen LogP contribution is 2.32. The Morgan fingerprint density at radius 1 is 1.26 bits per heavy atom. The normalized spacial score (nSPS) is 13.8. The molecule has 1 aliphatic heterocycles. The van der Waals surface area contributed by atoms with Gasteiger partial charge in [0, 0.05) is 17.3 Å². The summed E-state index contributed by atoms with van der Waals surface area (Å²) in [6.45, 7) is 7.54. The molecule has 0 spiro atoms. The molecule has 19 heavy (non-hydrogen) atoms. The van der Waals surface area contributed by atoms with Gasteiger partial charge in [-0.25, -0.2) is 0 Å². The Balaban J connectivity index is 2.01. The van der Waals surface area contributed by atoms with Gasteiger partial charge in [0.25, 0.3) is 0 Å². The Bertz CT molecular complexity index is 475. The van der Waals surface area contributed by atoms with E-state index < -0.39 is 0 Å². The van der Waals surface area contributed by atoms with E-state index in [9.17, 15) is 0 Å². The molecule has 0 saturated carbocycles. The number of benzene rings is 1. The van der Waals surface area contributed by atoms with Crippen LogP contribution in [-0.2, 0) is 0 Å². The van der Waals surface area contributed by atoms with E-state index in [1.165, 1.54) is 0 Å². The van der Waals surface area contributed by atoms with Crippen LogP contribution in [0.2, 0.25) is 0 Å². The number of thiocarbonyl (C=S) groups is 1. The Morgan fingerprint density at radius 3 is 2.63 bits per heavy atom. The predicted molar refractivity (Wildman–Crippen MR) is 81.2 cm³/mol. The Kier molecular flexibility index (Phi) is 4.14. The highest BCUT2D eigenvalue weighted by molar-refractivity contribution is 7.80. The van der Waals surface area contributed by atoms with Gasteiger partial charge in [0.05, 0.1) is 0 Å². The van der Waals surface area contributed by atoms with E-state index in [0.29, 0.717) is 18.3 Å². The zero-order valence-corrected chi connectivity index (χ0v) is 12.4. The van der Waals surface area contributed by atoms with Crippen LogP contribution < -0.4 is 20.1 Å². The molecule has 1 heterocycles. The second-order valence-corrected chi connectivity index (χ2v) is 5.58. The molecule has 0 saturated heterocycles. The van der Waals surface area contributed by atoms with E-state index in [2.05, 4.69) is 31.4 Å². The van der Waals surface area contributed by atoms with Crippen LogP contribution in [0.5, 0.6) is 11.5 Å². The molecule has 0 aromatic heterocycles. The van der Waals surface area contributed by atoms with Crippen LogP contribution in [0, 0.1) is 0 Å². The lowest BCUT2D eigenvalue weighted by atomic mass is 10.0. The maximum Gasteiger partial charge on any atom is 0.171 e. The maximum absolute atomic E-state index is 5.54. The lowest BCUT2D eigenvalue weighted by Crippen LogP contribution is -2.44. The number of fused-ring (bicyclic) bond motifs is 1. The predicted octanol–water partition coefficient (Wildman–Crippen LogP) is 2.93. The summed E-state index contributed by atoms with van der Waals surface area (Å²) in [6, 6.07) is 5.73. The third-order valence-corrected chi connectivity index (χ3v) is 3.34. The fourth-order valence-electron chi connectivity index (χ4n) is 1.68. The van der Waals surface area contributed by atoms with Crippen molar-refractivity contribution in [3.8, 4) is 11.5 Å². The highest BCUT2D eigenvalue weighted by atomic mass is 32.1. The van der Waals surface area contributed by atoms with Crippen LogP contribution in [0.3, 0.4) is 0 Å². The first-order valence-corrected chi connectivity index (χ1v) is 6.90. The van der Waals surface area contributed by atoms with Gasteiger partial charge in [-0.15, -0.1) is 0 Å². The third-order valence-electron chi connectivity index (χ3n) is 3.14. The molecule has 0 radical (unpaired) electrons. The van der Waals surface area contributed by atoms with E-state index in [0.717, 1.165) is 23.6 Å². The van der Waals surface area contributed by atoms with Gasteiger partial charge in [0.1, 0.15) is 13.2 Å². The summed E-state index contributed by atoms with van der Waals surface area (Å²) in [5, 5.41) is 7.06. The maximum atomic E-state index is 5.54. The monoisotopic (exact) mass is 280 g/mol. The zero-order chi connectivity index (χ0) is 13.9. The first-order valence-electron chi connectivity index (χ1n) is 6.49. The largest absolute Gasteiger partial charge is 0.486 e. The fourth-order valence-corrected chi connectivity index (χ4v) is 2.07. The lowest BCUT2D eigenvalue weighted by molar-refractivity contribution is 0.171. The summed E-state index contributed by atoms with van der Waals surface area (Å²) in [4.78, 5) is 0. The first-order chi connectivity index (χ1) is 9.00. The van der Waals surface area contributed by atoms with E-state index in [1.807, 2.05) is 18.2 Å². The molecule has 1 aromatic carbocycles. The Hall–Kier alpha value is -1.49. The van der Waals surface area contributed by atoms with Gasteiger partial charge in [-0.3, -0.25) is 0 Å². The molecule has 0 fully saturated rings. The molecule has 1 aliphatic rings. The molecule has 0 bridgehead atoms. The number of hydrogen-bond donors (Lipinski definition) is 2. The second-order valence-electron chi connectivity index (χ2n) is 5.17. The van der Waals surface area contributed by atoms with E-state index in [-0.39, 0.29) is 5.54 Å². The van der Waals surface area contributed by atoms with Crippen molar-refractivity contribution in [2.75, 3.05) is 18.5 Å². The molecular formula is C14H20N2O2S. The summed E-state index contributed by atoms with van der Waals surface area (Å²) < 4.78 is 11.0. The van der Waals surface area contributed by atoms with Crippen LogP contribution >= 0.6 is 12.2 Å². The van der Waals surface area contributed by atoms with Gasteiger partial charge in [-0.1, -0.05) is 6.92 Å². The van der Waals surface area contributed by atoms with Crippen molar-refractivity contribution in [1.29, 1.82) is 0 Å². The minimum absolute atomic E-state index is 0.0160. The van der Waals surface area contributed by atoms with Gasteiger partial charge < -0.3 is 20.1 Å². The van der Waals surface area contributed by atoms with Crippen molar-refractivity contribution in [2.45, 2.75) is 32.7 Å². The molecule has 104 valence electrons. The molecule has 0 amide bonds. The van der Waals surface area contributed by atoms with Gasteiger partial charge in [-0.2, -0.15) is 0 Å². The zero-order valence-electron chi connectivity index (χ0n) is 11.6. The topological polar surface area (TPSA) is 42.5 Å². The number of ether oxygens (including phenoxy) is 2. The molecular weight excluding hydrogens is 260 g/mol. The summed E-state index contributed by atoms with van der Waals surface area (Å²) in [5.41, 5.74) is 0.881. The standard InChI is InChI=1S/C14H20N2O2S/c1-4-14(2,3)16-13(19)15-10-5-6-11-12(9-10)18-8-7-17-11/h5-6,9H,4,7-8H2,1-3H3,(H2,15,16,19). The number of hydrogen-bond acceptors (Lipinski definition) is 3. The third kappa shape index (κ3) is 3.73.